The van der Waals surface area contributed by atoms with Crippen LogP contribution in [0.2, 0.25) is 10.0 Å². The zero-order valence-corrected chi connectivity index (χ0v) is 12.8. The van der Waals surface area contributed by atoms with Gasteiger partial charge < -0.3 is 16.4 Å². The van der Waals surface area contributed by atoms with Crippen LogP contribution in [0.25, 0.3) is 0 Å². The van der Waals surface area contributed by atoms with Crippen molar-refractivity contribution in [2.24, 2.45) is 0 Å². The van der Waals surface area contributed by atoms with Crippen molar-refractivity contribution < 1.29 is 9.59 Å². The Morgan fingerprint density at radius 3 is 2.55 bits per heavy atom. The van der Waals surface area contributed by atoms with Crippen molar-refractivity contribution in [3.63, 3.8) is 0 Å². The van der Waals surface area contributed by atoms with Crippen LogP contribution in [0.1, 0.15) is 30.6 Å². The predicted molar refractivity (Wildman–Crippen MR) is 81.1 cm³/mol. The van der Waals surface area contributed by atoms with Crippen molar-refractivity contribution in [1.82, 2.24) is 10.6 Å². The first kappa shape index (κ1) is 16.6. The number of carbonyl (C=O) groups is 2. The second-order valence-corrected chi connectivity index (χ2v) is 5.13. The number of rotatable bonds is 5. The molecule has 0 heterocycles. The van der Waals surface area contributed by atoms with Crippen molar-refractivity contribution >= 4 is 40.7 Å². The van der Waals surface area contributed by atoms with Gasteiger partial charge in [0.15, 0.2) is 0 Å². The van der Waals surface area contributed by atoms with E-state index in [1.165, 1.54) is 12.1 Å². The average molecular weight is 318 g/mol. The lowest BCUT2D eigenvalue weighted by atomic mass is 10.1. The molecule has 0 aliphatic heterocycles. The quantitative estimate of drug-likeness (QED) is 0.728. The van der Waals surface area contributed by atoms with E-state index < -0.39 is 11.9 Å². The van der Waals surface area contributed by atoms with Gasteiger partial charge in [0.2, 0.25) is 5.91 Å². The molecule has 0 saturated heterocycles. The van der Waals surface area contributed by atoms with Crippen molar-refractivity contribution in [3.8, 4) is 0 Å². The number of halogens is 2. The first-order valence-electron chi connectivity index (χ1n) is 6.19. The predicted octanol–water partition coefficient (Wildman–Crippen LogP) is 2.22. The molecule has 1 aromatic rings. The van der Waals surface area contributed by atoms with Gasteiger partial charge in [0.05, 0.1) is 15.7 Å². The van der Waals surface area contributed by atoms with Crippen LogP contribution in [0.15, 0.2) is 12.1 Å². The lowest BCUT2D eigenvalue weighted by molar-refractivity contribution is -0.122. The molecular formula is C13H17Cl2N3O2. The van der Waals surface area contributed by atoms with Crippen LogP contribution in [0.4, 0.5) is 5.69 Å². The van der Waals surface area contributed by atoms with Crippen LogP contribution >= 0.6 is 23.2 Å². The number of anilines is 1. The van der Waals surface area contributed by atoms with Gasteiger partial charge in [-0.15, -0.1) is 0 Å². The summed E-state index contributed by atoms with van der Waals surface area (Å²) >= 11 is 11.7. The number of hydrogen-bond acceptors (Lipinski definition) is 3. The molecule has 0 aliphatic carbocycles. The van der Waals surface area contributed by atoms with Gasteiger partial charge in [0, 0.05) is 12.1 Å². The summed E-state index contributed by atoms with van der Waals surface area (Å²) in [6, 6.07) is 2.18. The first-order chi connectivity index (χ1) is 9.36. The van der Waals surface area contributed by atoms with E-state index in [0.717, 1.165) is 6.42 Å². The normalized spacial score (nSPS) is 11.8. The van der Waals surface area contributed by atoms with Crippen molar-refractivity contribution in [1.29, 1.82) is 0 Å². The molecule has 0 saturated carbocycles. The fourth-order valence-electron chi connectivity index (χ4n) is 1.49. The van der Waals surface area contributed by atoms with Gasteiger partial charge in [-0.2, -0.15) is 0 Å². The van der Waals surface area contributed by atoms with Crippen LogP contribution in [-0.2, 0) is 4.79 Å². The summed E-state index contributed by atoms with van der Waals surface area (Å²) in [5.74, 6) is -0.678. The van der Waals surface area contributed by atoms with Gasteiger partial charge >= 0.3 is 0 Å². The van der Waals surface area contributed by atoms with Crippen LogP contribution in [-0.4, -0.2) is 24.4 Å². The zero-order chi connectivity index (χ0) is 15.3. The van der Waals surface area contributed by atoms with Crippen LogP contribution < -0.4 is 16.4 Å². The number of nitrogen functional groups attached to an aromatic ring is 1. The van der Waals surface area contributed by atoms with Crippen molar-refractivity contribution in [2.45, 2.75) is 26.3 Å². The fourth-order valence-corrected chi connectivity index (χ4v) is 1.82. The van der Waals surface area contributed by atoms with Gasteiger partial charge in [-0.3, -0.25) is 9.59 Å². The summed E-state index contributed by atoms with van der Waals surface area (Å²) in [5.41, 5.74) is 6.11. The number of benzene rings is 1. The summed E-state index contributed by atoms with van der Waals surface area (Å²) in [5, 5.41) is 5.67. The molecule has 1 unspecified atom stereocenters. The number of amides is 2. The van der Waals surface area contributed by atoms with Gasteiger partial charge in [-0.1, -0.05) is 30.1 Å². The van der Waals surface area contributed by atoms with Gasteiger partial charge in [-0.05, 0) is 25.5 Å². The highest BCUT2D eigenvalue weighted by atomic mass is 35.5. The molecule has 0 aromatic heterocycles. The lowest BCUT2D eigenvalue weighted by Gasteiger charge is -2.14. The number of nitrogens with two attached hydrogens (primary N) is 1. The molecule has 2 amide bonds. The Balaban J connectivity index is 2.74. The summed E-state index contributed by atoms with van der Waals surface area (Å²) in [6.07, 6.45) is 0.829. The Kier molecular flexibility index (Phi) is 6.10. The maximum Gasteiger partial charge on any atom is 0.252 e. The summed E-state index contributed by atoms with van der Waals surface area (Å²) < 4.78 is 0. The Bertz CT molecular complexity index is 497. The van der Waals surface area contributed by atoms with Crippen LogP contribution in [0, 0.1) is 0 Å². The summed E-state index contributed by atoms with van der Waals surface area (Å²) in [7, 11) is 0. The highest BCUT2D eigenvalue weighted by Gasteiger charge is 2.17. The Morgan fingerprint density at radius 1 is 1.35 bits per heavy atom. The first-order valence-corrected chi connectivity index (χ1v) is 6.95. The Hall–Kier alpha value is -1.46. The largest absolute Gasteiger partial charge is 0.397 e. The molecule has 110 valence electrons. The molecule has 5 nitrogen and oxygen atoms in total. The number of carbonyl (C=O) groups excluding carboxylic acids is 2. The summed E-state index contributed by atoms with van der Waals surface area (Å²) in [4.78, 5) is 23.7. The minimum absolute atomic E-state index is 0.194. The second kappa shape index (κ2) is 7.36. The number of nitrogens with one attached hydrogen (secondary N) is 2. The second-order valence-electron chi connectivity index (χ2n) is 4.35. The SMILES string of the molecule is CCCNC(=O)C(C)NC(=O)c1cc(N)c(Cl)c(Cl)c1. The van der Waals surface area contributed by atoms with E-state index in [1.807, 2.05) is 6.92 Å². The highest BCUT2D eigenvalue weighted by molar-refractivity contribution is 6.43. The highest BCUT2D eigenvalue weighted by Crippen LogP contribution is 2.29. The topological polar surface area (TPSA) is 84.2 Å². The fraction of sp³-hybridized carbons (Fsp3) is 0.385. The maximum atomic E-state index is 12.0. The molecule has 1 rings (SSSR count). The molecular weight excluding hydrogens is 301 g/mol. The molecule has 0 fully saturated rings. The third-order valence-electron chi connectivity index (χ3n) is 2.61. The minimum atomic E-state index is -0.648. The smallest absolute Gasteiger partial charge is 0.252 e. The average Bonchev–Trinajstić information content (AvgIpc) is 2.41. The van der Waals surface area contributed by atoms with E-state index in [9.17, 15) is 9.59 Å². The molecule has 0 aliphatic rings. The van der Waals surface area contributed by atoms with E-state index >= 15 is 0 Å². The molecule has 0 bridgehead atoms. The molecule has 7 heteroatoms. The van der Waals surface area contributed by atoms with Crippen LogP contribution in [0.5, 0.6) is 0 Å². The molecule has 1 aromatic carbocycles. The molecule has 0 radical (unpaired) electrons. The Labute approximate surface area is 127 Å². The van der Waals surface area contributed by atoms with Gasteiger partial charge in [0.1, 0.15) is 6.04 Å². The lowest BCUT2D eigenvalue weighted by Crippen LogP contribution is -2.45. The third kappa shape index (κ3) is 4.28. The Morgan fingerprint density at radius 2 is 2.00 bits per heavy atom. The standard InChI is InChI=1S/C13H17Cl2N3O2/c1-3-4-17-12(19)7(2)18-13(20)8-5-9(14)11(15)10(16)6-8/h5-7H,3-4,16H2,1-2H3,(H,17,19)(H,18,20). The number of hydrogen-bond donors (Lipinski definition) is 3. The monoisotopic (exact) mass is 317 g/mol. The zero-order valence-electron chi connectivity index (χ0n) is 11.3. The molecule has 20 heavy (non-hydrogen) atoms. The molecule has 0 spiro atoms. The van der Waals surface area contributed by atoms with Crippen molar-refractivity contribution in [2.75, 3.05) is 12.3 Å². The van der Waals surface area contributed by atoms with Gasteiger partial charge in [0.25, 0.3) is 5.91 Å². The minimum Gasteiger partial charge on any atom is -0.397 e. The van der Waals surface area contributed by atoms with Gasteiger partial charge in [-0.25, -0.2) is 0 Å². The van der Waals surface area contributed by atoms with E-state index in [4.69, 9.17) is 28.9 Å². The van der Waals surface area contributed by atoms with Crippen LogP contribution in [0.3, 0.4) is 0 Å². The van der Waals surface area contributed by atoms with E-state index in [2.05, 4.69) is 10.6 Å². The third-order valence-corrected chi connectivity index (χ3v) is 3.43. The van der Waals surface area contributed by atoms with E-state index in [1.54, 1.807) is 6.92 Å². The molecule has 1 atom stereocenters. The van der Waals surface area contributed by atoms with E-state index in [-0.39, 0.29) is 27.2 Å². The summed E-state index contributed by atoms with van der Waals surface area (Å²) in [6.45, 7) is 4.12. The molecule has 4 N–H and O–H groups in total. The maximum absolute atomic E-state index is 12.0. The van der Waals surface area contributed by atoms with Crippen molar-refractivity contribution in [3.05, 3.63) is 27.7 Å². The van der Waals surface area contributed by atoms with E-state index in [0.29, 0.717) is 6.54 Å².